The molecule has 0 aliphatic heterocycles. The van der Waals surface area contributed by atoms with Crippen LogP contribution in [0.15, 0.2) is 24.3 Å². The first kappa shape index (κ1) is 12.0. The minimum Gasteiger partial charge on any atom is -0.493 e. The highest BCUT2D eigenvalue weighted by Crippen LogP contribution is 2.34. The van der Waals surface area contributed by atoms with Gasteiger partial charge in [-0.1, -0.05) is 25.0 Å². The molecule has 2 fully saturated rings. The molecule has 0 unspecified atom stereocenters. The van der Waals surface area contributed by atoms with E-state index in [0.717, 1.165) is 31.1 Å². The van der Waals surface area contributed by atoms with E-state index >= 15 is 0 Å². The number of hydrogen-bond donors (Lipinski definition) is 1. The number of hydrogen-bond acceptors (Lipinski definition) is 2. The first-order chi connectivity index (χ1) is 8.83. The van der Waals surface area contributed by atoms with Gasteiger partial charge in [-0.2, -0.15) is 0 Å². The van der Waals surface area contributed by atoms with Crippen LogP contribution in [0, 0.1) is 5.92 Å². The third-order valence-corrected chi connectivity index (χ3v) is 4.22. The molecule has 2 nitrogen and oxygen atoms in total. The molecule has 2 aliphatic carbocycles. The molecule has 0 radical (unpaired) electrons. The molecule has 1 N–H and O–H groups in total. The van der Waals surface area contributed by atoms with Crippen molar-refractivity contribution in [1.29, 1.82) is 0 Å². The molecule has 3 rings (SSSR count). The van der Waals surface area contributed by atoms with Gasteiger partial charge in [-0.15, -0.1) is 0 Å². The zero-order valence-corrected chi connectivity index (χ0v) is 10.8. The van der Waals surface area contributed by atoms with E-state index in [0.29, 0.717) is 5.92 Å². The summed E-state index contributed by atoms with van der Waals surface area (Å²) in [5.74, 6) is 2.09. The van der Waals surface area contributed by atoms with Gasteiger partial charge in [-0.3, -0.25) is 0 Å². The second-order valence-corrected chi connectivity index (χ2v) is 5.78. The highest BCUT2D eigenvalue weighted by molar-refractivity contribution is 5.30. The first-order valence-corrected chi connectivity index (χ1v) is 7.24. The zero-order chi connectivity index (χ0) is 12.4. The lowest BCUT2D eigenvalue weighted by atomic mass is 9.82. The quantitative estimate of drug-likeness (QED) is 0.881. The maximum Gasteiger partial charge on any atom is 0.119 e. The average molecular weight is 246 g/mol. The lowest BCUT2D eigenvalue weighted by molar-refractivity contribution is 0.106. The van der Waals surface area contributed by atoms with Gasteiger partial charge in [0.05, 0.1) is 12.7 Å². The second-order valence-electron chi connectivity index (χ2n) is 5.78. The highest BCUT2D eigenvalue weighted by atomic mass is 16.5. The van der Waals surface area contributed by atoms with Crippen LogP contribution >= 0.6 is 0 Å². The molecular weight excluding hydrogens is 224 g/mol. The van der Waals surface area contributed by atoms with Crippen molar-refractivity contribution < 1.29 is 9.84 Å². The Hall–Kier alpha value is -1.02. The first-order valence-electron chi connectivity index (χ1n) is 7.24. The lowest BCUT2D eigenvalue weighted by Gasteiger charge is -2.28. The Morgan fingerprint density at radius 1 is 1.00 bits per heavy atom. The molecule has 0 bridgehead atoms. The minimum absolute atomic E-state index is 0.156. The number of ether oxygens (including phenoxy) is 1. The fraction of sp³-hybridized carbons (Fsp3) is 0.625. The third-order valence-electron chi connectivity index (χ3n) is 4.22. The fourth-order valence-electron chi connectivity index (χ4n) is 2.81. The Kier molecular flexibility index (Phi) is 3.55. The molecule has 2 aliphatic rings. The second kappa shape index (κ2) is 5.31. The van der Waals surface area contributed by atoms with Crippen LogP contribution in [0.5, 0.6) is 5.75 Å². The highest BCUT2D eigenvalue weighted by Gasteiger charge is 2.24. The smallest absolute Gasteiger partial charge is 0.119 e. The van der Waals surface area contributed by atoms with Gasteiger partial charge in [0.1, 0.15) is 5.75 Å². The average Bonchev–Trinajstić information content (AvgIpc) is 3.22. The Balaban J connectivity index is 1.61. The van der Waals surface area contributed by atoms with Crippen LogP contribution in [-0.2, 0) is 0 Å². The molecule has 2 heteroatoms. The fourth-order valence-corrected chi connectivity index (χ4v) is 2.81. The van der Waals surface area contributed by atoms with Crippen molar-refractivity contribution >= 4 is 0 Å². The Labute approximate surface area is 109 Å². The van der Waals surface area contributed by atoms with Crippen LogP contribution in [0.25, 0.3) is 0 Å². The summed E-state index contributed by atoms with van der Waals surface area (Å²) in [6.07, 6.45) is 6.96. The molecule has 18 heavy (non-hydrogen) atoms. The molecule has 1 aromatic carbocycles. The van der Waals surface area contributed by atoms with E-state index in [1.165, 1.54) is 31.2 Å². The van der Waals surface area contributed by atoms with Gasteiger partial charge in [0.15, 0.2) is 0 Å². The maximum atomic E-state index is 10.0. The summed E-state index contributed by atoms with van der Waals surface area (Å²) in [6.45, 7) is 0.866. The molecule has 0 saturated heterocycles. The summed E-state index contributed by atoms with van der Waals surface area (Å²) >= 11 is 0. The van der Waals surface area contributed by atoms with Crippen molar-refractivity contribution in [2.45, 2.75) is 50.5 Å². The van der Waals surface area contributed by atoms with Gasteiger partial charge >= 0.3 is 0 Å². The van der Waals surface area contributed by atoms with Crippen LogP contribution in [0.1, 0.15) is 50.0 Å². The van der Waals surface area contributed by atoms with Crippen molar-refractivity contribution in [3.8, 4) is 5.75 Å². The van der Waals surface area contributed by atoms with E-state index in [4.69, 9.17) is 4.74 Å². The predicted molar refractivity (Wildman–Crippen MR) is 71.9 cm³/mol. The number of aliphatic hydroxyl groups is 1. The lowest BCUT2D eigenvalue weighted by Crippen LogP contribution is -2.22. The van der Waals surface area contributed by atoms with Gasteiger partial charge in [0.2, 0.25) is 0 Å². The maximum absolute atomic E-state index is 10.0. The van der Waals surface area contributed by atoms with E-state index in [1.54, 1.807) is 0 Å². The van der Waals surface area contributed by atoms with Gasteiger partial charge in [0, 0.05) is 5.92 Å². The van der Waals surface area contributed by atoms with Gasteiger partial charge in [-0.05, 0) is 49.3 Å². The van der Waals surface area contributed by atoms with E-state index in [2.05, 4.69) is 24.3 Å². The molecule has 0 amide bonds. The summed E-state index contributed by atoms with van der Waals surface area (Å²) in [6, 6.07) is 8.36. The van der Waals surface area contributed by atoms with Crippen LogP contribution in [0.2, 0.25) is 0 Å². The van der Waals surface area contributed by atoms with E-state index < -0.39 is 0 Å². The largest absolute Gasteiger partial charge is 0.493 e. The van der Waals surface area contributed by atoms with Crippen LogP contribution in [0.3, 0.4) is 0 Å². The van der Waals surface area contributed by atoms with Crippen LogP contribution in [-0.4, -0.2) is 17.8 Å². The standard InChI is InChI=1S/C16H22O2/c17-16-4-2-1-3-15(16)13-7-9-14(10-8-13)18-11-12-5-6-12/h7-10,12,15-17H,1-6,11H2/t15-,16+/m1/s1. The van der Waals surface area contributed by atoms with Crippen molar-refractivity contribution in [2.24, 2.45) is 5.92 Å². The molecule has 0 heterocycles. The summed E-state index contributed by atoms with van der Waals surface area (Å²) < 4.78 is 5.74. The molecule has 1 aromatic rings. The topological polar surface area (TPSA) is 29.5 Å². The monoisotopic (exact) mass is 246 g/mol. The number of rotatable bonds is 4. The SMILES string of the molecule is O[C@H]1CCCC[C@@H]1c1ccc(OCC2CC2)cc1. The summed E-state index contributed by atoms with van der Waals surface area (Å²) in [4.78, 5) is 0. The minimum atomic E-state index is -0.156. The molecule has 0 spiro atoms. The van der Waals surface area contributed by atoms with E-state index in [1.807, 2.05) is 0 Å². The van der Waals surface area contributed by atoms with Crippen molar-refractivity contribution in [1.82, 2.24) is 0 Å². The summed E-state index contributed by atoms with van der Waals surface area (Å²) in [5.41, 5.74) is 1.26. The van der Waals surface area contributed by atoms with Crippen LogP contribution < -0.4 is 4.74 Å². The Morgan fingerprint density at radius 3 is 2.39 bits per heavy atom. The van der Waals surface area contributed by atoms with Gasteiger partial charge < -0.3 is 9.84 Å². The Bertz CT molecular complexity index is 381. The van der Waals surface area contributed by atoms with Gasteiger partial charge in [0.25, 0.3) is 0 Å². The predicted octanol–water partition coefficient (Wildman–Crippen LogP) is 3.49. The number of benzene rings is 1. The molecule has 2 atom stereocenters. The molecule has 0 aromatic heterocycles. The van der Waals surface area contributed by atoms with E-state index in [9.17, 15) is 5.11 Å². The van der Waals surface area contributed by atoms with Crippen molar-refractivity contribution in [3.63, 3.8) is 0 Å². The van der Waals surface area contributed by atoms with Gasteiger partial charge in [-0.25, -0.2) is 0 Å². The Morgan fingerprint density at radius 2 is 1.72 bits per heavy atom. The number of aliphatic hydroxyl groups excluding tert-OH is 1. The van der Waals surface area contributed by atoms with Crippen molar-refractivity contribution in [3.05, 3.63) is 29.8 Å². The molecular formula is C16H22O2. The zero-order valence-electron chi connectivity index (χ0n) is 10.8. The van der Waals surface area contributed by atoms with E-state index in [-0.39, 0.29) is 6.10 Å². The molecule has 2 saturated carbocycles. The van der Waals surface area contributed by atoms with Crippen LogP contribution in [0.4, 0.5) is 0 Å². The third kappa shape index (κ3) is 2.86. The normalized spacial score (nSPS) is 28.1. The molecule has 98 valence electrons. The van der Waals surface area contributed by atoms with Crippen molar-refractivity contribution in [2.75, 3.05) is 6.61 Å². The summed E-state index contributed by atoms with van der Waals surface area (Å²) in [7, 11) is 0. The summed E-state index contributed by atoms with van der Waals surface area (Å²) in [5, 5.41) is 10.0.